The molecule has 0 fully saturated rings. The van der Waals surface area contributed by atoms with Crippen molar-refractivity contribution in [3.8, 4) is 0 Å². The molecule has 106 valence electrons. The number of nitrogens with two attached hydrogens (primary N) is 1. The summed E-state index contributed by atoms with van der Waals surface area (Å²) in [4.78, 5) is 28.9. The Balaban J connectivity index is 2.28. The van der Waals surface area contributed by atoms with Gasteiger partial charge in [0.1, 0.15) is 5.69 Å². The molecule has 5 nitrogen and oxygen atoms in total. The van der Waals surface area contributed by atoms with E-state index in [4.69, 9.17) is 5.73 Å². The van der Waals surface area contributed by atoms with E-state index in [2.05, 4.69) is 16.9 Å². The van der Waals surface area contributed by atoms with Gasteiger partial charge >= 0.3 is 5.69 Å². The second-order valence-corrected chi connectivity index (χ2v) is 4.80. The highest BCUT2D eigenvalue weighted by molar-refractivity contribution is 5.98. The lowest BCUT2D eigenvalue weighted by molar-refractivity contribution is 0.0974. The standard InChI is InChI=1S/C14H23N3O2/c1-2-3-4-5-6-7-8-9-12(18)13-11(15)10-16-14(19)17-13/h10H,2-9,15H2,1H3,(H,16,17,19). The van der Waals surface area contributed by atoms with Crippen LogP contribution in [0.1, 0.15) is 68.8 Å². The third-order valence-electron chi connectivity index (χ3n) is 3.11. The maximum absolute atomic E-state index is 11.9. The molecule has 0 spiro atoms. The minimum absolute atomic E-state index is 0.106. The molecule has 1 aromatic heterocycles. The first kappa shape index (κ1) is 15.4. The van der Waals surface area contributed by atoms with Gasteiger partial charge in [-0.2, -0.15) is 4.98 Å². The number of unbranched alkanes of at least 4 members (excludes halogenated alkanes) is 6. The van der Waals surface area contributed by atoms with Crippen LogP contribution in [0.2, 0.25) is 0 Å². The number of nitrogens with one attached hydrogen (secondary N) is 1. The van der Waals surface area contributed by atoms with Crippen LogP contribution in [0.4, 0.5) is 5.69 Å². The predicted molar refractivity (Wildman–Crippen MR) is 76.2 cm³/mol. The van der Waals surface area contributed by atoms with Crippen molar-refractivity contribution >= 4 is 11.5 Å². The van der Waals surface area contributed by atoms with Gasteiger partial charge in [0.15, 0.2) is 5.78 Å². The molecular weight excluding hydrogens is 242 g/mol. The summed E-state index contributed by atoms with van der Waals surface area (Å²) in [5.41, 5.74) is 5.44. The monoisotopic (exact) mass is 265 g/mol. The van der Waals surface area contributed by atoms with Crippen LogP contribution in [0.15, 0.2) is 11.0 Å². The number of ketones is 1. The number of carbonyl (C=O) groups is 1. The van der Waals surface area contributed by atoms with Crippen LogP contribution in [0.25, 0.3) is 0 Å². The lowest BCUT2D eigenvalue weighted by Crippen LogP contribution is -2.17. The molecule has 1 rings (SSSR count). The topological polar surface area (TPSA) is 88.8 Å². The number of aromatic amines is 1. The van der Waals surface area contributed by atoms with Gasteiger partial charge in [-0.15, -0.1) is 0 Å². The van der Waals surface area contributed by atoms with Gasteiger partial charge in [0.2, 0.25) is 0 Å². The van der Waals surface area contributed by atoms with Gasteiger partial charge in [0.25, 0.3) is 0 Å². The van der Waals surface area contributed by atoms with Gasteiger partial charge < -0.3 is 10.7 Å². The zero-order valence-corrected chi connectivity index (χ0v) is 11.6. The van der Waals surface area contributed by atoms with Gasteiger partial charge in [0.05, 0.1) is 5.69 Å². The number of carbonyl (C=O) groups excluding carboxylic acids is 1. The van der Waals surface area contributed by atoms with Crippen LogP contribution in [-0.4, -0.2) is 15.8 Å². The summed E-state index contributed by atoms with van der Waals surface area (Å²) >= 11 is 0. The van der Waals surface area contributed by atoms with Crippen molar-refractivity contribution in [2.75, 3.05) is 5.73 Å². The molecule has 5 heteroatoms. The van der Waals surface area contributed by atoms with Crippen molar-refractivity contribution in [1.82, 2.24) is 9.97 Å². The zero-order valence-electron chi connectivity index (χ0n) is 11.6. The molecule has 0 saturated carbocycles. The number of nitrogens with zero attached hydrogens (tertiary/aromatic N) is 1. The molecule has 0 radical (unpaired) electrons. The Hall–Kier alpha value is -1.65. The van der Waals surface area contributed by atoms with Crippen molar-refractivity contribution in [3.63, 3.8) is 0 Å². The number of hydrogen-bond acceptors (Lipinski definition) is 4. The summed E-state index contributed by atoms with van der Waals surface area (Å²) in [6.45, 7) is 2.19. The number of hydrogen-bond donors (Lipinski definition) is 2. The van der Waals surface area contributed by atoms with Crippen LogP contribution in [0, 0.1) is 0 Å². The van der Waals surface area contributed by atoms with Gasteiger partial charge in [-0.25, -0.2) is 4.79 Å². The summed E-state index contributed by atoms with van der Waals surface area (Å²) in [7, 11) is 0. The Morgan fingerprint density at radius 1 is 1.21 bits per heavy atom. The van der Waals surface area contributed by atoms with E-state index in [-0.39, 0.29) is 17.2 Å². The molecule has 0 saturated heterocycles. The van der Waals surface area contributed by atoms with E-state index in [0.717, 1.165) is 19.3 Å². The molecule has 1 aromatic rings. The number of anilines is 1. The van der Waals surface area contributed by atoms with Crippen molar-refractivity contribution in [2.45, 2.75) is 58.3 Å². The smallest absolute Gasteiger partial charge is 0.345 e. The highest BCUT2D eigenvalue weighted by Crippen LogP contribution is 2.12. The number of nitrogen functional groups attached to an aromatic ring is 1. The Bertz CT molecular complexity index is 454. The molecular formula is C14H23N3O2. The first-order chi connectivity index (χ1) is 9.15. The molecule has 0 aliphatic carbocycles. The average molecular weight is 265 g/mol. The molecule has 19 heavy (non-hydrogen) atoms. The fraction of sp³-hybridized carbons (Fsp3) is 0.643. The van der Waals surface area contributed by atoms with E-state index in [1.54, 1.807) is 0 Å². The number of rotatable bonds is 9. The average Bonchev–Trinajstić information content (AvgIpc) is 2.40. The summed E-state index contributed by atoms with van der Waals surface area (Å²) in [5.74, 6) is -0.142. The molecule has 0 aliphatic rings. The first-order valence-electron chi connectivity index (χ1n) is 7.03. The third kappa shape index (κ3) is 5.68. The second-order valence-electron chi connectivity index (χ2n) is 4.80. The zero-order chi connectivity index (χ0) is 14.1. The van der Waals surface area contributed by atoms with Crippen molar-refractivity contribution in [3.05, 3.63) is 22.4 Å². The lowest BCUT2D eigenvalue weighted by atomic mass is 10.1. The van der Waals surface area contributed by atoms with E-state index >= 15 is 0 Å². The second kappa shape index (κ2) is 8.45. The minimum Gasteiger partial charge on any atom is -0.396 e. The Labute approximate surface area is 113 Å². The molecule has 0 unspecified atom stereocenters. The van der Waals surface area contributed by atoms with Crippen molar-refractivity contribution in [1.29, 1.82) is 0 Å². The van der Waals surface area contributed by atoms with Gasteiger partial charge in [-0.3, -0.25) is 4.79 Å². The molecule has 0 amide bonds. The van der Waals surface area contributed by atoms with Crippen LogP contribution >= 0.6 is 0 Å². The number of Topliss-reactive ketones (excluding diaryl/α,β-unsaturated/α-hetero) is 1. The largest absolute Gasteiger partial charge is 0.396 e. The Kier molecular flexibility index (Phi) is 6.85. The van der Waals surface area contributed by atoms with Crippen LogP contribution in [-0.2, 0) is 0 Å². The minimum atomic E-state index is -0.530. The normalized spacial score (nSPS) is 10.6. The first-order valence-corrected chi connectivity index (χ1v) is 7.03. The summed E-state index contributed by atoms with van der Waals surface area (Å²) in [6.07, 6.45) is 9.79. The van der Waals surface area contributed by atoms with Gasteiger partial charge in [-0.1, -0.05) is 45.4 Å². The molecule has 0 aliphatic heterocycles. The fourth-order valence-corrected chi connectivity index (χ4v) is 1.99. The molecule has 1 heterocycles. The Morgan fingerprint density at radius 2 is 1.84 bits per heavy atom. The van der Waals surface area contributed by atoms with Crippen molar-refractivity contribution < 1.29 is 4.79 Å². The summed E-state index contributed by atoms with van der Waals surface area (Å²) in [5, 5.41) is 0. The van der Waals surface area contributed by atoms with E-state index < -0.39 is 5.69 Å². The SMILES string of the molecule is CCCCCCCCCC(=O)c1nc(=O)[nH]cc1N. The molecule has 0 bridgehead atoms. The number of aromatic nitrogens is 2. The van der Waals surface area contributed by atoms with E-state index in [9.17, 15) is 9.59 Å². The summed E-state index contributed by atoms with van der Waals surface area (Å²) < 4.78 is 0. The van der Waals surface area contributed by atoms with Crippen LogP contribution in [0.3, 0.4) is 0 Å². The maximum atomic E-state index is 11.9. The Morgan fingerprint density at radius 3 is 2.53 bits per heavy atom. The predicted octanol–water partition coefficient (Wildman–Crippen LogP) is 2.68. The third-order valence-corrected chi connectivity index (χ3v) is 3.11. The summed E-state index contributed by atoms with van der Waals surface area (Å²) in [6, 6.07) is 0. The van der Waals surface area contributed by atoms with Crippen LogP contribution < -0.4 is 11.4 Å². The fourth-order valence-electron chi connectivity index (χ4n) is 1.99. The van der Waals surface area contributed by atoms with Gasteiger partial charge in [-0.05, 0) is 6.42 Å². The van der Waals surface area contributed by atoms with E-state index in [0.29, 0.717) is 6.42 Å². The molecule has 0 aromatic carbocycles. The van der Waals surface area contributed by atoms with E-state index in [1.807, 2.05) is 0 Å². The quantitative estimate of drug-likeness (QED) is 0.530. The highest BCUT2D eigenvalue weighted by Gasteiger charge is 2.11. The maximum Gasteiger partial charge on any atom is 0.345 e. The molecule has 0 atom stereocenters. The lowest BCUT2D eigenvalue weighted by Gasteiger charge is -2.03. The molecule has 3 N–H and O–H groups in total. The number of H-pyrrole nitrogens is 1. The highest BCUT2D eigenvalue weighted by atomic mass is 16.1. The van der Waals surface area contributed by atoms with Gasteiger partial charge in [0, 0.05) is 12.6 Å². The van der Waals surface area contributed by atoms with E-state index in [1.165, 1.54) is 31.9 Å². The van der Waals surface area contributed by atoms with Crippen molar-refractivity contribution in [2.24, 2.45) is 0 Å². The van der Waals surface area contributed by atoms with Crippen LogP contribution in [0.5, 0.6) is 0 Å².